The summed E-state index contributed by atoms with van der Waals surface area (Å²) in [5.41, 5.74) is 3.15. The molecule has 5 nitrogen and oxygen atoms in total. The van der Waals surface area contributed by atoms with Gasteiger partial charge in [0.2, 0.25) is 5.91 Å². The van der Waals surface area contributed by atoms with Gasteiger partial charge in [0.1, 0.15) is 0 Å². The number of carbonyl (C=O) groups is 1. The van der Waals surface area contributed by atoms with Crippen LogP contribution in [0.4, 0.5) is 5.69 Å². The Labute approximate surface area is 158 Å². The van der Waals surface area contributed by atoms with Crippen molar-refractivity contribution in [3.8, 4) is 11.5 Å². The average Bonchev–Trinajstić information content (AvgIpc) is 2.66. The van der Waals surface area contributed by atoms with Gasteiger partial charge in [0.15, 0.2) is 11.5 Å². The zero-order valence-corrected chi connectivity index (χ0v) is 15.8. The number of carbonyl (C=O) groups excluding carboxylic acids is 1. The lowest BCUT2D eigenvalue weighted by Gasteiger charge is -2.29. The molecular weight excluding hydrogens is 352 g/mol. The molecule has 26 heavy (non-hydrogen) atoms. The molecule has 0 radical (unpaired) electrons. The number of para-hydroxylation sites is 1. The molecule has 0 saturated heterocycles. The lowest BCUT2D eigenvalue weighted by molar-refractivity contribution is -0.116. The summed E-state index contributed by atoms with van der Waals surface area (Å²) in [7, 11) is 3.29. The molecular formula is C20H23ClN2O3. The summed E-state index contributed by atoms with van der Waals surface area (Å²) in [4.78, 5) is 14.5. The van der Waals surface area contributed by atoms with Gasteiger partial charge in [-0.3, -0.25) is 9.69 Å². The third-order valence-corrected chi connectivity index (χ3v) is 4.93. The highest BCUT2D eigenvalue weighted by molar-refractivity contribution is 6.33. The van der Waals surface area contributed by atoms with Crippen LogP contribution in [0.5, 0.6) is 11.5 Å². The normalized spacial score (nSPS) is 13.8. The predicted molar refractivity (Wildman–Crippen MR) is 103 cm³/mol. The Hall–Kier alpha value is -2.24. The highest BCUT2D eigenvalue weighted by Crippen LogP contribution is 2.33. The second kappa shape index (κ2) is 8.43. The molecule has 2 aromatic carbocycles. The van der Waals surface area contributed by atoms with Crippen molar-refractivity contribution in [2.45, 2.75) is 19.4 Å². The summed E-state index contributed by atoms with van der Waals surface area (Å²) in [6.07, 6.45) is 1.36. The van der Waals surface area contributed by atoms with Crippen molar-refractivity contribution < 1.29 is 14.3 Å². The Morgan fingerprint density at radius 3 is 2.54 bits per heavy atom. The van der Waals surface area contributed by atoms with Gasteiger partial charge in [-0.2, -0.15) is 0 Å². The second-order valence-corrected chi connectivity index (χ2v) is 6.69. The maximum atomic E-state index is 12.2. The molecule has 0 saturated carbocycles. The number of rotatable bonds is 6. The molecule has 1 heterocycles. The first kappa shape index (κ1) is 18.5. The van der Waals surface area contributed by atoms with Crippen LogP contribution in [0.2, 0.25) is 5.02 Å². The quantitative estimate of drug-likeness (QED) is 0.836. The van der Waals surface area contributed by atoms with Crippen LogP contribution in [0.25, 0.3) is 0 Å². The number of anilines is 1. The Bertz CT molecular complexity index is 795. The molecule has 2 aromatic rings. The number of fused-ring (bicyclic) bond motifs is 1. The minimum absolute atomic E-state index is 0.0313. The van der Waals surface area contributed by atoms with E-state index in [-0.39, 0.29) is 5.91 Å². The zero-order valence-electron chi connectivity index (χ0n) is 15.0. The second-order valence-electron chi connectivity index (χ2n) is 6.28. The van der Waals surface area contributed by atoms with Gasteiger partial charge >= 0.3 is 0 Å². The van der Waals surface area contributed by atoms with Crippen molar-refractivity contribution in [2.75, 3.05) is 32.6 Å². The number of ether oxygens (including phenoxy) is 2. The molecule has 0 fully saturated rings. The molecule has 1 amide bonds. The van der Waals surface area contributed by atoms with Crippen LogP contribution in [0.1, 0.15) is 17.5 Å². The van der Waals surface area contributed by atoms with E-state index in [0.29, 0.717) is 23.7 Å². The van der Waals surface area contributed by atoms with Crippen molar-refractivity contribution >= 4 is 23.2 Å². The van der Waals surface area contributed by atoms with Gasteiger partial charge in [-0.15, -0.1) is 0 Å². The van der Waals surface area contributed by atoms with E-state index in [2.05, 4.69) is 16.3 Å². The fraction of sp³-hybridized carbons (Fsp3) is 0.350. The number of nitrogens with zero attached hydrogens (tertiary/aromatic N) is 1. The molecule has 1 aliphatic rings. The van der Waals surface area contributed by atoms with Crippen molar-refractivity contribution in [3.05, 3.63) is 52.5 Å². The number of amides is 1. The van der Waals surface area contributed by atoms with E-state index >= 15 is 0 Å². The SMILES string of the molecule is COc1cc2c(cc1OC)CN(CCC(=O)Nc1ccccc1Cl)CC2. The molecule has 0 bridgehead atoms. The van der Waals surface area contributed by atoms with E-state index in [4.69, 9.17) is 21.1 Å². The van der Waals surface area contributed by atoms with E-state index in [0.717, 1.165) is 31.0 Å². The molecule has 6 heteroatoms. The Morgan fingerprint density at radius 1 is 1.15 bits per heavy atom. The van der Waals surface area contributed by atoms with Crippen LogP contribution in [0.15, 0.2) is 36.4 Å². The first-order valence-electron chi connectivity index (χ1n) is 8.61. The summed E-state index contributed by atoms with van der Waals surface area (Å²) in [5, 5.41) is 3.42. The standard InChI is InChI=1S/C20H23ClN2O3/c1-25-18-11-14-7-9-23(13-15(14)12-19(18)26-2)10-8-20(24)22-17-6-4-3-5-16(17)21/h3-6,11-12H,7-10,13H2,1-2H3,(H,22,24). The van der Waals surface area contributed by atoms with Crippen LogP contribution in [-0.2, 0) is 17.8 Å². The number of nitrogens with one attached hydrogen (secondary N) is 1. The van der Waals surface area contributed by atoms with Crippen molar-refractivity contribution in [3.63, 3.8) is 0 Å². The largest absolute Gasteiger partial charge is 0.493 e. The molecule has 0 aliphatic carbocycles. The minimum atomic E-state index is -0.0313. The summed E-state index contributed by atoms with van der Waals surface area (Å²) >= 11 is 6.08. The summed E-state index contributed by atoms with van der Waals surface area (Å²) < 4.78 is 10.8. The highest BCUT2D eigenvalue weighted by Gasteiger charge is 2.20. The van der Waals surface area contributed by atoms with Gasteiger partial charge in [0, 0.05) is 26.1 Å². The van der Waals surface area contributed by atoms with Gasteiger partial charge < -0.3 is 14.8 Å². The zero-order chi connectivity index (χ0) is 18.5. The minimum Gasteiger partial charge on any atom is -0.493 e. The molecule has 0 unspecified atom stereocenters. The van der Waals surface area contributed by atoms with Crippen molar-refractivity contribution in [1.29, 1.82) is 0 Å². The molecule has 0 spiro atoms. The highest BCUT2D eigenvalue weighted by atomic mass is 35.5. The van der Waals surface area contributed by atoms with E-state index < -0.39 is 0 Å². The topological polar surface area (TPSA) is 50.8 Å². The van der Waals surface area contributed by atoms with Gasteiger partial charge in [0.25, 0.3) is 0 Å². The fourth-order valence-corrected chi connectivity index (χ4v) is 3.35. The van der Waals surface area contributed by atoms with Crippen LogP contribution in [-0.4, -0.2) is 38.1 Å². The maximum Gasteiger partial charge on any atom is 0.225 e. The van der Waals surface area contributed by atoms with E-state index in [1.54, 1.807) is 26.4 Å². The smallest absolute Gasteiger partial charge is 0.225 e. The number of methoxy groups -OCH3 is 2. The molecule has 0 aromatic heterocycles. The Balaban J connectivity index is 1.58. The fourth-order valence-electron chi connectivity index (χ4n) is 3.17. The van der Waals surface area contributed by atoms with Gasteiger partial charge in [-0.05, 0) is 41.8 Å². The molecule has 0 atom stereocenters. The first-order valence-corrected chi connectivity index (χ1v) is 8.99. The summed E-state index contributed by atoms with van der Waals surface area (Å²) in [5.74, 6) is 1.47. The van der Waals surface area contributed by atoms with E-state index in [9.17, 15) is 4.79 Å². The van der Waals surface area contributed by atoms with Crippen LogP contribution >= 0.6 is 11.6 Å². The summed E-state index contributed by atoms with van der Waals surface area (Å²) in [6.45, 7) is 2.42. The van der Waals surface area contributed by atoms with Gasteiger partial charge in [-0.25, -0.2) is 0 Å². The lowest BCUT2D eigenvalue weighted by atomic mass is 9.98. The third kappa shape index (κ3) is 4.29. The maximum absolute atomic E-state index is 12.2. The molecule has 3 rings (SSSR count). The molecule has 1 N–H and O–H groups in total. The van der Waals surface area contributed by atoms with Crippen LogP contribution in [0.3, 0.4) is 0 Å². The number of hydrogen-bond acceptors (Lipinski definition) is 4. The van der Waals surface area contributed by atoms with Crippen molar-refractivity contribution in [1.82, 2.24) is 4.90 Å². The Morgan fingerprint density at radius 2 is 1.85 bits per heavy atom. The summed E-state index contributed by atoms with van der Waals surface area (Å²) in [6, 6.07) is 11.3. The predicted octanol–water partition coefficient (Wildman–Crippen LogP) is 3.74. The van der Waals surface area contributed by atoms with Crippen molar-refractivity contribution in [2.24, 2.45) is 0 Å². The average molecular weight is 375 g/mol. The van der Waals surface area contributed by atoms with E-state index in [1.807, 2.05) is 18.2 Å². The number of benzene rings is 2. The lowest BCUT2D eigenvalue weighted by Crippen LogP contribution is -2.33. The molecule has 1 aliphatic heterocycles. The third-order valence-electron chi connectivity index (χ3n) is 4.60. The van der Waals surface area contributed by atoms with Crippen LogP contribution in [0, 0.1) is 0 Å². The monoisotopic (exact) mass is 374 g/mol. The molecule has 138 valence electrons. The number of halogens is 1. The Kier molecular flexibility index (Phi) is 6.01. The van der Waals surface area contributed by atoms with Gasteiger partial charge in [-0.1, -0.05) is 23.7 Å². The van der Waals surface area contributed by atoms with E-state index in [1.165, 1.54) is 11.1 Å². The first-order chi connectivity index (χ1) is 12.6. The van der Waals surface area contributed by atoms with Crippen LogP contribution < -0.4 is 14.8 Å². The van der Waals surface area contributed by atoms with Gasteiger partial charge in [0.05, 0.1) is 24.9 Å². The number of hydrogen-bond donors (Lipinski definition) is 1.